The van der Waals surface area contributed by atoms with E-state index in [2.05, 4.69) is 21.2 Å². The lowest BCUT2D eigenvalue weighted by Crippen LogP contribution is -2.46. The van der Waals surface area contributed by atoms with E-state index in [9.17, 15) is 14.0 Å². The summed E-state index contributed by atoms with van der Waals surface area (Å²) in [6.45, 7) is 0.276. The van der Waals surface area contributed by atoms with Gasteiger partial charge in [-0.05, 0) is 54.1 Å². The van der Waals surface area contributed by atoms with Crippen molar-refractivity contribution in [3.8, 4) is 17.0 Å². The highest BCUT2D eigenvalue weighted by molar-refractivity contribution is 6.07. The first kappa shape index (κ1) is 21.8. The SMILES string of the molecule is COc1ccc(CNC(=O)NNC(=O)c2cc(-c3ccc(F)cc3)nc3ccccc23)cc1. The van der Waals surface area contributed by atoms with Gasteiger partial charge in [-0.25, -0.2) is 19.6 Å². The maximum Gasteiger partial charge on any atom is 0.333 e. The summed E-state index contributed by atoms with van der Waals surface area (Å²) < 4.78 is 18.4. The van der Waals surface area contributed by atoms with Crippen molar-refractivity contribution >= 4 is 22.8 Å². The Balaban J connectivity index is 1.46. The third kappa shape index (κ3) is 5.24. The Labute approximate surface area is 189 Å². The minimum Gasteiger partial charge on any atom is -0.497 e. The maximum atomic E-state index is 13.3. The molecule has 1 heterocycles. The number of nitrogens with one attached hydrogen (secondary N) is 3. The normalized spacial score (nSPS) is 10.5. The summed E-state index contributed by atoms with van der Waals surface area (Å²) in [7, 11) is 1.58. The number of hydrogen-bond acceptors (Lipinski definition) is 4. The van der Waals surface area contributed by atoms with Crippen molar-refractivity contribution in [3.63, 3.8) is 0 Å². The van der Waals surface area contributed by atoms with E-state index in [0.717, 1.165) is 11.3 Å². The molecule has 4 rings (SSSR count). The highest BCUT2D eigenvalue weighted by Gasteiger charge is 2.15. The number of pyridine rings is 1. The first-order valence-corrected chi connectivity index (χ1v) is 10.2. The molecule has 3 amide bonds. The quantitative estimate of drug-likeness (QED) is 0.403. The molecule has 0 aliphatic heterocycles. The Bertz CT molecular complexity index is 1290. The standard InChI is InChI=1S/C25H21FN4O3/c1-33-19-12-6-16(7-13-19)15-27-25(32)30-29-24(31)21-14-23(17-8-10-18(26)11-9-17)28-22-5-3-2-4-20(21)22/h2-14H,15H2,1H3,(H,29,31)(H2,27,30,32). The van der Waals surface area contributed by atoms with Gasteiger partial charge in [-0.15, -0.1) is 0 Å². The zero-order valence-corrected chi connectivity index (χ0v) is 17.8. The number of para-hydroxylation sites is 1. The molecule has 0 bridgehead atoms. The Morgan fingerprint density at radius 3 is 2.39 bits per heavy atom. The number of amides is 3. The molecular formula is C25H21FN4O3. The molecule has 3 aromatic carbocycles. The zero-order valence-electron chi connectivity index (χ0n) is 17.8. The Kier molecular flexibility index (Phi) is 6.45. The highest BCUT2D eigenvalue weighted by Crippen LogP contribution is 2.25. The molecule has 8 heteroatoms. The van der Waals surface area contributed by atoms with Crippen LogP contribution in [0.25, 0.3) is 22.2 Å². The van der Waals surface area contributed by atoms with Crippen LogP contribution in [-0.2, 0) is 6.54 Å². The number of methoxy groups -OCH3 is 1. The van der Waals surface area contributed by atoms with Crippen molar-refractivity contribution in [2.75, 3.05) is 7.11 Å². The number of hydrogen-bond donors (Lipinski definition) is 3. The van der Waals surface area contributed by atoms with Gasteiger partial charge in [0.1, 0.15) is 11.6 Å². The van der Waals surface area contributed by atoms with E-state index in [1.165, 1.54) is 12.1 Å². The number of ether oxygens (including phenoxy) is 1. The number of nitrogens with zero attached hydrogens (tertiary/aromatic N) is 1. The number of fused-ring (bicyclic) bond motifs is 1. The second-order valence-electron chi connectivity index (χ2n) is 7.19. The molecule has 3 N–H and O–H groups in total. The van der Waals surface area contributed by atoms with E-state index in [1.54, 1.807) is 55.6 Å². The lowest BCUT2D eigenvalue weighted by molar-refractivity contribution is 0.0938. The third-order valence-corrected chi connectivity index (χ3v) is 5.00. The van der Waals surface area contributed by atoms with E-state index in [-0.39, 0.29) is 12.4 Å². The van der Waals surface area contributed by atoms with Crippen LogP contribution in [0.3, 0.4) is 0 Å². The van der Waals surface area contributed by atoms with Crippen LogP contribution in [0.4, 0.5) is 9.18 Å². The topological polar surface area (TPSA) is 92.4 Å². The molecule has 0 unspecified atom stereocenters. The maximum absolute atomic E-state index is 13.3. The molecule has 0 saturated carbocycles. The Morgan fingerprint density at radius 1 is 0.939 bits per heavy atom. The fourth-order valence-corrected chi connectivity index (χ4v) is 3.28. The summed E-state index contributed by atoms with van der Waals surface area (Å²) in [6.07, 6.45) is 0. The van der Waals surface area contributed by atoms with Crippen LogP contribution in [0.15, 0.2) is 78.9 Å². The zero-order chi connectivity index (χ0) is 23.2. The van der Waals surface area contributed by atoms with Crippen LogP contribution >= 0.6 is 0 Å². The van der Waals surface area contributed by atoms with Crippen LogP contribution in [0.5, 0.6) is 5.75 Å². The number of halogens is 1. The van der Waals surface area contributed by atoms with E-state index in [1.807, 2.05) is 18.2 Å². The van der Waals surface area contributed by atoms with E-state index in [4.69, 9.17) is 4.74 Å². The minimum absolute atomic E-state index is 0.276. The van der Waals surface area contributed by atoms with E-state index >= 15 is 0 Å². The molecule has 4 aromatic rings. The van der Waals surface area contributed by atoms with Crippen molar-refractivity contribution in [1.82, 2.24) is 21.2 Å². The predicted octanol–water partition coefficient (Wildman–Crippen LogP) is 4.19. The van der Waals surface area contributed by atoms with Gasteiger partial charge < -0.3 is 10.1 Å². The average Bonchev–Trinajstić information content (AvgIpc) is 2.86. The molecule has 33 heavy (non-hydrogen) atoms. The number of carbonyl (C=O) groups is 2. The molecule has 166 valence electrons. The summed E-state index contributed by atoms with van der Waals surface area (Å²) >= 11 is 0. The fourth-order valence-electron chi connectivity index (χ4n) is 3.28. The van der Waals surface area contributed by atoms with E-state index in [0.29, 0.717) is 27.7 Å². The second kappa shape index (κ2) is 9.78. The van der Waals surface area contributed by atoms with Crippen molar-refractivity contribution < 1.29 is 18.7 Å². The van der Waals surface area contributed by atoms with E-state index < -0.39 is 11.9 Å². The lowest BCUT2D eigenvalue weighted by Gasteiger charge is -2.12. The van der Waals surface area contributed by atoms with Crippen molar-refractivity contribution in [2.24, 2.45) is 0 Å². The summed E-state index contributed by atoms with van der Waals surface area (Å²) in [5.41, 5.74) is 7.78. The Hall–Kier alpha value is -4.46. The fraction of sp³-hybridized carbons (Fsp3) is 0.0800. The molecule has 0 aliphatic rings. The number of aromatic nitrogens is 1. The summed E-state index contributed by atoms with van der Waals surface area (Å²) in [6, 6.07) is 21.3. The van der Waals surface area contributed by atoms with Gasteiger partial charge in [0.25, 0.3) is 5.91 Å². The molecule has 0 atom stereocenters. The van der Waals surface area contributed by atoms with Crippen LogP contribution < -0.4 is 20.9 Å². The van der Waals surface area contributed by atoms with Crippen molar-refractivity contribution in [2.45, 2.75) is 6.54 Å². The third-order valence-electron chi connectivity index (χ3n) is 5.00. The minimum atomic E-state index is -0.559. The van der Waals surface area contributed by atoms with Gasteiger partial charge in [0, 0.05) is 17.5 Å². The predicted molar refractivity (Wildman–Crippen MR) is 123 cm³/mol. The highest BCUT2D eigenvalue weighted by atomic mass is 19.1. The molecular weight excluding hydrogens is 423 g/mol. The van der Waals surface area contributed by atoms with Gasteiger partial charge in [-0.1, -0.05) is 30.3 Å². The van der Waals surface area contributed by atoms with Crippen LogP contribution in [0, 0.1) is 5.82 Å². The van der Waals surface area contributed by atoms with Crippen LogP contribution in [-0.4, -0.2) is 24.0 Å². The number of rotatable bonds is 5. The largest absolute Gasteiger partial charge is 0.497 e. The van der Waals surface area contributed by atoms with Gasteiger partial charge in [0.05, 0.1) is 23.9 Å². The van der Waals surface area contributed by atoms with Gasteiger partial charge in [0.15, 0.2) is 0 Å². The van der Waals surface area contributed by atoms with Gasteiger partial charge >= 0.3 is 6.03 Å². The number of carbonyl (C=O) groups excluding carboxylic acids is 2. The van der Waals surface area contributed by atoms with Gasteiger partial charge in [-0.2, -0.15) is 0 Å². The number of benzene rings is 3. The molecule has 0 saturated heterocycles. The molecule has 1 aromatic heterocycles. The number of urea groups is 1. The van der Waals surface area contributed by atoms with Gasteiger partial charge in [-0.3, -0.25) is 10.2 Å². The lowest BCUT2D eigenvalue weighted by atomic mass is 10.0. The van der Waals surface area contributed by atoms with Gasteiger partial charge in [0.2, 0.25) is 0 Å². The van der Waals surface area contributed by atoms with Crippen LogP contribution in [0.2, 0.25) is 0 Å². The van der Waals surface area contributed by atoms with Crippen molar-refractivity contribution in [3.05, 3.63) is 95.8 Å². The average molecular weight is 444 g/mol. The first-order valence-electron chi connectivity index (χ1n) is 10.2. The molecule has 0 fully saturated rings. The molecule has 7 nitrogen and oxygen atoms in total. The molecule has 0 spiro atoms. The second-order valence-corrected chi connectivity index (χ2v) is 7.19. The number of hydrazine groups is 1. The molecule has 0 radical (unpaired) electrons. The summed E-state index contributed by atoms with van der Waals surface area (Å²) in [4.78, 5) is 29.6. The smallest absolute Gasteiger partial charge is 0.333 e. The monoisotopic (exact) mass is 444 g/mol. The Morgan fingerprint density at radius 2 is 1.67 bits per heavy atom. The summed E-state index contributed by atoms with van der Waals surface area (Å²) in [5, 5.41) is 3.30. The molecule has 0 aliphatic carbocycles. The summed E-state index contributed by atoms with van der Waals surface area (Å²) in [5.74, 6) is -0.140. The van der Waals surface area contributed by atoms with Crippen molar-refractivity contribution in [1.29, 1.82) is 0 Å². The van der Waals surface area contributed by atoms with Crippen LogP contribution in [0.1, 0.15) is 15.9 Å². The first-order chi connectivity index (χ1) is 16.0.